The molecule has 0 spiro atoms. The van der Waals surface area contributed by atoms with Crippen LogP contribution in [0.2, 0.25) is 0 Å². The standard InChI is InChI=1S/C10H10BrF3O3/c11-7-2-5(9(17)8(16)4-15)1-6(3-7)10(12,13)14/h1-3,8-9,15-17H,4H2. The molecule has 0 fully saturated rings. The third kappa shape index (κ3) is 3.67. The van der Waals surface area contributed by atoms with Gasteiger partial charge in [0, 0.05) is 4.47 Å². The lowest BCUT2D eigenvalue weighted by Crippen LogP contribution is -2.22. The number of hydrogen-bond donors (Lipinski definition) is 3. The zero-order chi connectivity index (χ0) is 13.2. The van der Waals surface area contributed by atoms with Gasteiger partial charge in [-0.05, 0) is 23.8 Å². The van der Waals surface area contributed by atoms with Crippen LogP contribution in [0.5, 0.6) is 0 Å². The molecule has 2 unspecified atom stereocenters. The molecule has 0 aliphatic carbocycles. The fourth-order valence-electron chi connectivity index (χ4n) is 1.27. The molecule has 0 saturated carbocycles. The van der Waals surface area contributed by atoms with Crippen molar-refractivity contribution >= 4 is 15.9 Å². The molecule has 7 heteroatoms. The zero-order valence-electron chi connectivity index (χ0n) is 8.45. The van der Waals surface area contributed by atoms with Gasteiger partial charge in [0.25, 0.3) is 0 Å². The van der Waals surface area contributed by atoms with Crippen molar-refractivity contribution in [2.75, 3.05) is 6.61 Å². The summed E-state index contributed by atoms with van der Waals surface area (Å²) < 4.78 is 37.6. The Morgan fingerprint density at radius 3 is 2.24 bits per heavy atom. The quantitative estimate of drug-likeness (QED) is 0.798. The van der Waals surface area contributed by atoms with Crippen LogP contribution >= 0.6 is 15.9 Å². The van der Waals surface area contributed by atoms with Gasteiger partial charge in [0.15, 0.2) is 0 Å². The van der Waals surface area contributed by atoms with Crippen LogP contribution in [0.15, 0.2) is 22.7 Å². The monoisotopic (exact) mass is 314 g/mol. The maximum absolute atomic E-state index is 12.5. The Balaban J connectivity index is 3.14. The third-order valence-corrected chi connectivity index (χ3v) is 2.60. The van der Waals surface area contributed by atoms with Crippen LogP contribution in [0.25, 0.3) is 0 Å². The van der Waals surface area contributed by atoms with E-state index in [2.05, 4.69) is 15.9 Å². The molecule has 0 aliphatic heterocycles. The van der Waals surface area contributed by atoms with Crippen molar-refractivity contribution in [3.63, 3.8) is 0 Å². The normalized spacial score (nSPS) is 15.7. The Kier molecular flexibility index (Phi) is 4.54. The predicted octanol–water partition coefficient (Wildman–Crippen LogP) is 1.85. The summed E-state index contributed by atoms with van der Waals surface area (Å²) in [6, 6.07) is 2.84. The van der Waals surface area contributed by atoms with Crippen molar-refractivity contribution in [3.8, 4) is 0 Å². The summed E-state index contributed by atoms with van der Waals surface area (Å²) in [4.78, 5) is 0. The van der Waals surface area contributed by atoms with Crippen molar-refractivity contribution in [3.05, 3.63) is 33.8 Å². The van der Waals surface area contributed by atoms with Crippen molar-refractivity contribution in [1.82, 2.24) is 0 Å². The number of aliphatic hydroxyl groups excluding tert-OH is 3. The number of benzene rings is 1. The minimum Gasteiger partial charge on any atom is -0.394 e. The molecule has 1 aromatic carbocycles. The summed E-state index contributed by atoms with van der Waals surface area (Å²) in [5.41, 5.74) is -1.06. The first kappa shape index (κ1) is 14.4. The number of aliphatic hydroxyl groups is 3. The SMILES string of the molecule is OCC(O)C(O)c1cc(Br)cc(C(F)(F)F)c1. The van der Waals surface area contributed by atoms with Crippen molar-refractivity contribution < 1.29 is 28.5 Å². The molecule has 0 heterocycles. The van der Waals surface area contributed by atoms with E-state index in [1.54, 1.807) is 0 Å². The molecular weight excluding hydrogens is 305 g/mol. The molecule has 0 aliphatic rings. The van der Waals surface area contributed by atoms with Crippen LogP contribution < -0.4 is 0 Å². The summed E-state index contributed by atoms with van der Waals surface area (Å²) in [5, 5.41) is 27.3. The lowest BCUT2D eigenvalue weighted by atomic mass is 10.0. The Labute approximate surface area is 104 Å². The molecule has 0 radical (unpaired) electrons. The zero-order valence-corrected chi connectivity index (χ0v) is 10.0. The second kappa shape index (κ2) is 5.34. The first-order valence-electron chi connectivity index (χ1n) is 4.60. The lowest BCUT2D eigenvalue weighted by Gasteiger charge is -2.18. The van der Waals surface area contributed by atoms with E-state index in [0.717, 1.165) is 12.1 Å². The summed E-state index contributed by atoms with van der Waals surface area (Å²) in [7, 11) is 0. The van der Waals surface area contributed by atoms with Gasteiger partial charge in [-0.3, -0.25) is 0 Å². The largest absolute Gasteiger partial charge is 0.416 e. The van der Waals surface area contributed by atoms with Gasteiger partial charge < -0.3 is 15.3 Å². The first-order valence-corrected chi connectivity index (χ1v) is 5.39. The third-order valence-electron chi connectivity index (χ3n) is 2.14. The molecule has 1 aromatic rings. The molecule has 17 heavy (non-hydrogen) atoms. The smallest absolute Gasteiger partial charge is 0.394 e. The highest BCUT2D eigenvalue weighted by Gasteiger charge is 2.32. The van der Waals surface area contributed by atoms with Gasteiger partial charge in [-0.1, -0.05) is 15.9 Å². The summed E-state index contributed by atoms with van der Waals surface area (Å²) in [6.07, 6.45) is -7.63. The summed E-state index contributed by atoms with van der Waals surface area (Å²) in [5.74, 6) is 0. The Hall–Kier alpha value is -0.630. The van der Waals surface area contributed by atoms with Crippen LogP contribution in [0.4, 0.5) is 13.2 Å². The van der Waals surface area contributed by atoms with Crippen LogP contribution in [-0.2, 0) is 6.18 Å². The van der Waals surface area contributed by atoms with E-state index < -0.39 is 30.6 Å². The van der Waals surface area contributed by atoms with Gasteiger partial charge in [0.05, 0.1) is 12.2 Å². The van der Waals surface area contributed by atoms with E-state index in [0.29, 0.717) is 0 Å². The van der Waals surface area contributed by atoms with E-state index in [4.69, 9.17) is 10.2 Å². The predicted molar refractivity (Wildman–Crippen MR) is 57.2 cm³/mol. The molecule has 0 amide bonds. The Bertz CT molecular complexity index is 395. The molecular formula is C10H10BrF3O3. The highest BCUT2D eigenvalue weighted by atomic mass is 79.9. The molecule has 3 nitrogen and oxygen atoms in total. The first-order chi connectivity index (χ1) is 7.75. The minimum absolute atomic E-state index is 0.117. The number of rotatable bonds is 3. The summed E-state index contributed by atoms with van der Waals surface area (Å²) in [6.45, 7) is -0.741. The van der Waals surface area contributed by atoms with Crippen molar-refractivity contribution in [1.29, 1.82) is 0 Å². The van der Waals surface area contributed by atoms with Gasteiger partial charge in [-0.25, -0.2) is 0 Å². The topological polar surface area (TPSA) is 60.7 Å². The van der Waals surface area contributed by atoms with Crippen LogP contribution in [0.3, 0.4) is 0 Å². The van der Waals surface area contributed by atoms with E-state index >= 15 is 0 Å². The van der Waals surface area contributed by atoms with Crippen LogP contribution in [-0.4, -0.2) is 28.0 Å². The average molecular weight is 315 g/mol. The second-order valence-electron chi connectivity index (χ2n) is 3.47. The number of halogens is 4. The molecule has 1 rings (SSSR count). The van der Waals surface area contributed by atoms with E-state index in [-0.39, 0.29) is 10.0 Å². The van der Waals surface area contributed by atoms with Gasteiger partial charge >= 0.3 is 6.18 Å². The highest BCUT2D eigenvalue weighted by molar-refractivity contribution is 9.10. The average Bonchev–Trinajstić information content (AvgIpc) is 2.25. The lowest BCUT2D eigenvalue weighted by molar-refractivity contribution is -0.137. The molecule has 3 N–H and O–H groups in total. The fourth-order valence-corrected chi connectivity index (χ4v) is 1.78. The maximum atomic E-state index is 12.5. The summed E-state index contributed by atoms with van der Waals surface area (Å²) >= 11 is 2.89. The van der Waals surface area contributed by atoms with E-state index in [1.807, 2.05) is 0 Å². The van der Waals surface area contributed by atoms with Crippen LogP contribution in [0, 0.1) is 0 Å². The molecule has 0 bridgehead atoms. The van der Waals surface area contributed by atoms with Gasteiger partial charge in [-0.15, -0.1) is 0 Å². The molecule has 96 valence electrons. The van der Waals surface area contributed by atoms with Crippen molar-refractivity contribution in [2.24, 2.45) is 0 Å². The molecule has 0 aromatic heterocycles. The second-order valence-corrected chi connectivity index (χ2v) is 4.38. The highest BCUT2D eigenvalue weighted by Crippen LogP contribution is 2.33. The number of alkyl halides is 3. The van der Waals surface area contributed by atoms with Crippen LogP contribution in [0.1, 0.15) is 17.2 Å². The van der Waals surface area contributed by atoms with E-state index in [9.17, 15) is 18.3 Å². The van der Waals surface area contributed by atoms with Gasteiger partial charge in [0.1, 0.15) is 12.2 Å². The maximum Gasteiger partial charge on any atom is 0.416 e. The van der Waals surface area contributed by atoms with Gasteiger partial charge in [0.2, 0.25) is 0 Å². The van der Waals surface area contributed by atoms with E-state index in [1.165, 1.54) is 6.07 Å². The number of hydrogen-bond acceptors (Lipinski definition) is 3. The van der Waals surface area contributed by atoms with Gasteiger partial charge in [-0.2, -0.15) is 13.2 Å². The minimum atomic E-state index is -4.54. The molecule has 2 atom stereocenters. The Morgan fingerprint density at radius 1 is 1.18 bits per heavy atom. The Morgan fingerprint density at radius 2 is 1.76 bits per heavy atom. The van der Waals surface area contributed by atoms with Crippen molar-refractivity contribution in [2.45, 2.75) is 18.4 Å². The molecule has 0 saturated heterocycles. The fraction of sp³-hybridized carbons (Fsp3) is 0.400.